The fourth-order valence-corrected chi connectivity index (χ4v) is 4.03. The molecule has 3 rings (SSSR count). The zero-order valence-electron chi connectivity index (χ0n) is 10.4. The topological polar surface area (TPSA) is 38.9 Å². The van der Waals surface area contributed by atoms with Gasteiger partial charge in [-0.3, -0.25) is 4.98 Å². The quantitative estimate of drug-likeness (QED) is 0.931. The van der Waals surface area contributed by atoms with Gasteiger partial charge < -0.3 is 5.73 Å². The van der Waals surface area contributed by atoms with Gasteiger partial charge in [0.05, 0.1) is 0 Å². The van der Waals surface area contributed by atoms with Gasteiger partial charge in [-0.05, 0) is 39.7 Å². The second kappa shape index (κ2) is 5.65. The first-order valence-electron chi connectivity index (χ1n) is 6.32. The molecule has 2 heterocycles. The van der Waals surface area contributed by atoms with Crippen molar-refractivity contribution in [3.05, 3.63) is 58.3 Å². The number of thioether (sulfide) groups is 1. The summed E-state index contributed by atoms with van der Waals surface area (Å²) in [6.07, 6.45) is 2.66. The van der Waals surface area contributed by atoms with Crippen molar-refractivity contribution in [1.29, 1.82) is 0 Å². The first-order chi connectivity index (χ1) is 9.24. The Morgan fingerprint density at radius 3 is 2.95 bits per heavy atom. The number of aromatic nitrogens is 1. The normalized spacial score (nSPS) is 19.2. The van der Waals surface area contributed by atoms with Crippen molar-refractivity contribution in [3.8, 4) is 0 Å². The van der Waals surface area contributed by atoms with E-state index in [4.69, 9.17) is 5.73 Å². The summed E-state index contributed by atoms with van der Waals surface area (Å²) in [6, 6.07) is 12.8. The lowest BCUT2D eigenvalue weighted by Gasteiger charge is -2.19. The number of nitrogens with two attached hydrogens (primary N) is 1. The highest BCUT2D eigenvalue weighted by atomic mass is 79.9. The molecular weight excluding hydrogens is 320 g/mol. The van der Waals surface area contributed by atoms with E-state index in [1.54, 1.807) is 0 Å². The van der Waals surface area contributed by atoms with Crippen molar-refractivity contribution in [1.82, 2.24) is 4.98 Å². The molecule has 0 saturated heterocycles. The molecule has 0 fully saturated rings. The van der Waals surface area contributed by atoms with Gasteiger partial charge in [0.15, 0.2) is 0 Å². The largest absolute Gasteiger partial charge is 0.327 e. The van der Waals surface area contributed by atoms with Crippen molar-refractivity contribution in [3.63, 3.8) is 0 Å². The molecule has 2 N–H and O–H groups in total. The Kier molecular flexibility index (Phi) is 3.91. The van der Waals surface area contributed by atoms with E-state index in [0.717, 1.165) is 22.3 Å². The van der Waals surface area contributed by atoms with Crippen molar-refractivity contribution in [2.45, 2.75) is 23.3 Å². The standard InChI is InChI=1S/C15H15BrN2S/c16-10-5-6-11(18-8-10)7-14(17)13-9-19-15-4-2-1-3-12(13)15/h1-6,8,13-14H,7,9,17H2. The maximum atomic E-state index is 6.40. The van der Waals surface area contributed by atoms with Gasteiger partial charge in [0, 0.05) is 45.4 Å². The number of rotatable bonds is 3. The SMILES string of the molecule is NC(Cc1ccc(Br)cn1)C1CSc2ccccc21. The zero-order valence-corrected chi connectivity index (χ0v) is 12.8. The molecule has 0 aliphatic carbocycles. The Balaban J connectivity index is 1.75. The summed E-state index contributed by atoms with van der Waals surface area (Å²) in [5, 5.41) is 0. The number of nitrogens with zero attached hydrogens (tertiary/aromatic N) is 1. The predicted molar refractivity (Wildman–Crippen MR) is 83.5 cm³/mol. The molecule has 0 radical (unpaired) electrons. The lowest BCUT2D eigenvalue weighted by molar-refractivity contribution is 0.565. The maximum Gasteiger partial charge on any atom is 0.0420 e. The van der Waals surface area contributed by atoms with Crippen LogP contribution in [0.1, 0.15) is 17.2 Å². The van der Waals surface area contributed by atoms with Crippen molar-refractivity contribution in [2.24, 2.45) is 5.73 Å². The molecule has 98 valence electrons. The Morgan fingerprint density at radius 2 is 2.16 bits per heavy atom. The van der Waals surface area contributed by atoms with E-state index >= 15 is 0 Å². The van der Waals surface area contributed by atoms with Crippen LogP contribution in [-0.2, 0) is 6.42 Å². The number of benzene rings is 1. The summed E-state index contributed by atoms with van der Waals surface area (Å²) >= 11 is 5.31. The van der Waals surface area contributed by atoms with E-state index in [1.165, 1.54) is 10.5 Å². The van der Waals surface area contributed by atoms with E-state index in [0.29, 0.717) is 5.92 Å². The molecule has 2 unspecified atom stereocenters. The summed E-state index contributed by atoms with van der Waals surface area (Å²) < 4.78 is 1.01. The van der Waals surface area contributed by atoms with Crippen LogP contribution in [0.5, 0.6) is 0 Å². The molecule has 0 spiro atoms. The molecular formula is C15H15BrN2S. The molecule has 1 aromatic carbocycles. The van der Waals surface area contributed by atoms with Crippen molar-refractivity contribution >= 4 is 27.7 Å². The molecule has 4 heteroatoms. The molecule has 2 aromatic rings. The second-order valence-corrected chi connectivity index (χ2v) is 6.77. The molecule has 1 aromatic heterocycles. The van der Waals surface area contributed by atoms with Gasteiger partial charge >= 0.3 is 0 Å². The summed E-state index contributed by atoms with van der Waals surface area (Å²) in [6.45, 7) is 0. The van der Waals surface area contributed by atoms with Crippen LogP contribution in [-0.4, -0.2) is 16.8 Å². The maximum absolute atomic E-state index is 6.40. The van der Waals surface area contributed by atoms with E-state index < -0.39 is 0 Å². The number of pyridine rings is 1. The monoisotopic (exact) mass is 334 g/mol. The third-order valence-corrected chi connectivity index (χ3v) is 5.16. The van der Waals surface area contributed by atoms with Gasteiger partial charge in [0.1, 0.15) is 0 Å². The molecule has 1 aliphatic rings. The molecule has 2 nitrogen and oxygen atoms in total. The predicted octanol–water partition coefficient (Wildman–Crippen LogP) is 3.60. The molecule has 19 heavy (non-hydrogen) atoms. The van der Waals surface area contributed by atoms with Crippen LogP contribution in [0.3, 0.4) is 0 Å². The average molecular weight is 335 g/mol. The minimum absolute atomic E-state index is 0.129. The van der Waals surface area contributed by atoms with Gasteiger partial charge in [0.2, 0.25) is 0 Å². The fourth-order valence-electron chi connectivity index (χ4n) is 2.45. The third-order valence-electron chi connectivity index (χ3n) is 3.49. The smallest absolute Gasteiger partial charge is 0.0420 e. The van der Waals surface area contributed by atoms with E-state index in [9.17, 15) is 0 Å². The van der Waals surface area contributed by atoms with Crippen LogP contribution in [0.25, 0.3) is 0 Å². The molecule has 1 aliphatic heterocycles. The van der Waals surface area contributed by atoms with Gasteiger partial charge in [-0.15, -0.1) is 11.8 Å². The van der Waals surface area contributed by atoms with Gasteiger partial charge in [-0.2, -0.15) is 0 Å². The van der Waals surface area contributed by atoms with E-state index in [1.807, 2.05) is 30.1 Å². The number of halogens is 1. The Bertz CT molecular complexity index is 571. The summed E-state index contributed by atoms with van der Waals surface area (Å²) in [7, 11) is 0. The molecule has 0 bridgehead atoms. The number of hydrogen-bond acceptors (Lipinski definition) is 3. The Morgan fingerprint density at radius 1 is 1.32 bits per heavy atom. The number of fused-ring (bicyclic) bond motifs is 1. The Labute approximate surface area is 125 Å². The van der Waals surface area contributed by atoms with Crippen molar-refractivity contribution < 1.29 is 0 Å². The lowest BCUT2D eigenvalue weighted by Crippen LogP contribution is -2.31. The molecule has 2 atom stereocenters. The Hall–Kier alpha value is -0.840. The van der Waals surface area contributed by atoms with Crippen molar-refractivity contribution in [2.75, 3.05) is 5.75 Å². The fraction of sp³-hybridized carbons (Fsp3) is 0.267. The van der Waals surface area contributed by atoms with Gasteiger partial charge in [-0.1, -0.05) is 18.2 Å². The highest BCUT2D eigenvalue weighted by Gasteiger charge is 2.28. The van der Waals surface area contributed by atoms with E-state index in [2.05, 4.69) is 45.2 Å². The second-order valence-electron chi connectivity index (χ2n) is 4.79. The zero-order chi connectivity index (χ0) is 13.2. The van der Waals surface area contributed by atoms with Crippen LogP contribution in [0.15, 0.2) is 52.0 Å². The molecule has 0 saturated carbocycles. The first kappa shape index (κ1) is 13.2. The minimum Gasteiger partial charge on any atom is -0.327 e. The highest BCUT2D eigenvalue weighted by Crippen LogP contribution is 2.40. The first-order valence-corrected chi connectivity index (χ1v) is 8.09. The van der Waals surface area contributed by atoms with Crippen LogP contribution in [0.4, 0.5) is 0 Å². The third kappa shape index (κ3) is 2.86. The summed E-state index contributed by atoms with van der Waals surface area (Å²) in [4.78, 5) is 5.79. The van der Waals surface area contributed by atoms with Gasteiger partial charge in [-0.25, -0.2) is 0 Å². The van der Waals surface area contributed by atoms with Crippen LogP contribution in [0, 0.1) is 0 Å². The van der Waals surface area contributed by atoms with Crippen LogP contribution >= 0.6 is 27.7 Å². The summed E-state index contributed by atoms with van der Waals surface area (Å²) in [5.74, 6) is 1.52. The van der Waals surface area contributed by atoms with E-state index in [-0.39, 0.29) is 6.04 Å². The minimum atomic E-state index is 0.129. The van der Waals surface area contributed by atoms with Crippen LogP contribution < -0.4 is 5.73 Å². The molecule has 0 amide bonds. The van der Waals surface area contributed by atoms with Gasteiger partial charge in [0.25, 0.3) is 0 Å². The highest BCUT2D eigenvalue weighted by molar-refractivity contribution is 9.10. The average Bonchev–Trinajstić information content (AvgIpc) is 2.85. The van der Waals surface area contributed by atoms with Crippen LogP contribution in [0.2, 0.25) is 0 Å². The summed E-state index contributed by atoms with van der Waals surface area (Å²) in [5.41, 5.74) is 8.86. The number of hydrogen-bond donors (Lipinski definition) is 1. The lowest BCUT2D eigenvalue weighted by atomic mass is 9.91.